The number of nitrogens with zero attached hydrogens (tertiary/aromatic N) is 1. The van der Waals surface area contributed by atoms with Crippen LogP contribution in [-0.2, 0) is 4.79 Å². The maximum Gasteiger partial charge on any atom is 0.241 e. The molecule has 0 bridgehead atoms. The maximum absolute atomic E-state index is 11.5. The third-order valence-electron chi connectivity index (χ3n) is 2.46. The van der Waals surface area contributed by atoms with Crippen molar-refractivity contribution in [3.63, 3.8) is 0 Å². The van der Waals surface area contributed by atoms with Crippen LogP contribution in [0.4, 0.5) is 11.4 Å². The highest BCUT2D eigenvalue weighted by Gasteiger charge is 2.11. The topological polar surface area (TPSA) is 58.4 Å². The van der Waals surface area contributed by atoms with E-state index in [1.165, 1.54) is 0 Å². The zero-order valence-electron chi connectivity index (χ0n) is 10.2. The number of carbonyl (C=O) groups excluding carboxylic acids is 1. The van der Waals surface area contributed by atoms with Gasteiger partial charge in [-0.05, 0) is 31.5 Å². The second-order valence-electron chi connectivity index (χ2n) is 4.12. The number of hydrogen-bond acceptors (Lipinski definition) is 3. The van der Waals surface area contributed by atoms with E-state index in [1.807, 2.05) is 44.1 Å². The first kappa shape index (κ1) is 12.5. The van der Waals surface area contributed by atoms with Crippen LogP contribution >= 0.6 is 0 Å². The molecule has 4 nitrogen and oxygen atoms in total. The first-order chi connectivity index (χ1) is 7.43. The van der Waals surface area contributed by atoms with E-state index in [9.17, 15) is 4.79 Å². The average molecular weight is 221 g/mol. The number of benzene rings is 1. The molecule has 16 heavy (non-hydrogen) atoms. The Morgan fingerprint density at radius 3 is 2.56 bits per heavy atom. The molecule has 0 aromatic heterocycles. The molecule has 0 aliphatic rings. The minimum Gasteiger partial charge on any atom is -0.377 e. The van der Waals surface area contributed by atoms with Gasteiger partial charge in [0, 0.05) is 25.5 Å². The normalized spacial score (nSPS) is 12.1. The molecule has 1 amide bonds. The van der Waals surface area contributed by atoms with Gasteiger partial charge in [0.2, 0.25) is 5.91 Å². The van der Waals surface area contributed by atoms with Gasteiger partial charge in [-0.1, -0.05) is 6.07 Å². The van der Waals surface area contributed by atoms with Crippen molar-refractivity contribution in [3.8, 4) is 0 Å². The maximum atomic E-state index is 11.5. The average Bonchev–Trinajstić information content (AvgIpc) is 2.20. The first-order valence-corrected chi connectivity index (χ1v) is 5.27. The molecule has 1 rings (SSSR count). The lowest BCUT2D eigenvalue weighted by Crippen LogP contribution is -2.32. The molecule has 0 aliphatic heterocycles. The number of carbonyl (C=O) groups is 1. The summed E-state index contributed by atoms with van der Waals surface area (Å²) in [5.74, 6) is -0.168. The number of hydrogen-bond donors (Lipinski definition) is 2. The van der Waals surface area contributed by atoms with Crippen LogP contribution in [0.25, 0.3) is 0 Å². The zero-order chi connectivity index (χ0) is 12.3. The molecule has 88 valence electrons. The molecule has 0 unspecified atom stereocenters. The van der Waals surface area contributed by atoms with Gasteiger partial charge in [0.25, 0.3) is 0 Å². The summed E-state index contributed by atoms with van der Waals surface area (Å²) in [5.41, 5.74) is 8.45. The molecule has 4 heteroatoms. The van der Waals surface area contributed by atoms with E-state index < -0.39 is 6.04 Å². The Morgan fingerprint density at radius 2 is 2.06 bits per heavy atom. The summed E-state index contributed by atoms with van der Waals surface area (Å²) in [7, 11) is 3.94. The van der Waals surface area contributed by atoms with Crippen LogP contribution < -0.4 is 16.0 Å². The molecule has 0 fully saturated rings. The smallest absolute Gasteiger partial charge is 0.241 e. The third kappa shape index (κ3) is 2.73. The standard InChI is InChI=1S/C12H19N3O/c1-8-10(14-12(16)9(2)13)6-5-7-11(8)15(3)4/h5-7,9H,13H2,1-4H3,(H,14,16)/t9-/m1/s1. The van der Waals surface area contributed by atoms with Gasteiger partial charge in [-0.2, -0.15) is 0 Å². The van der Waals surface area contributed by atoms with Crippen LogP contribution in [0, 0.1) is 6.92 Å². The highest BCUT2D eigenvalue weighted by molar-refractivity contribution is 5.95. The lowest BCUT2D eigenvalue weighted by molar-refractivity contribution is -0.117. The lowest BCUT2D eigenvalue weighted by atomic mass is 10.1. The monoisotopic (exact) mass is 221 g/mol. The van der Waals surface area contributed by atoms with Crippen molar-refractivity contribution >= 4 is 17.3 Å². The highest BCUT2D eigenvalue weighted by atomic mass is 16.2. The predicted octanol–water partition coefficient (Wildman–Crippen LogP) is 1.35. The van der Waals surface area contributed by atoms with E-state index in [0.29, 0.717) is 0 Å². The molecule has 0 spiro atoms. The number of anilines is 2. The van der Waals surface area contributed by atoms with Crippen molar-refractivity contribution in [2.75, 3.05) is 24.3 Å². The molecule has 0 radical (unpaired) electrons. The van der Waals surface area contributed by atoms with Crippen molar-refractivity contribution < 1.29 is 4.79 Å². The van der Waals surface area contributed by atoms with Gasteiger partial charge >= 0.3 is 0 Å². The van der Waals surface area contributed by atoms with E-state index in [4.69, 9.17) is 5.73 Å². The van der Waals surface area contributed by atoms with Gasteiger partial charge in [-0.15, -0.1) is 0 Å². The Kier molecular flexibility index (Phi) is 3.90. The minimum atomic E-state index is -0.498. The summed E-state index contributed by atoms with van der Waals surface area (Å²) in [6, 6.07) is 5.31. The highest BCUT2D eigenvalue weighted by Crippen LogP contribution is 2.25. The number of rotatable bonds is 3. The van der Waals surface area contributed by atoms with Gasteiger partial charge in [0.1, 0.15) is 0 Å². The number of amides is 1. The van der Waals surface area contributed by atoms with Gasteiger partial charge in [-0.25, -0.2) is 0 Å². The molecule has 0 heterocycles. The van der Waals surface area contributed by atoms with E-state index in [1.54, 1.807) is 6.92 Å². The van der Waals surface area contributed by atoms with E-state index in [2.05, 4.69) is 5.32 Å². The van der Waals surface area contributed by atoms with Gasteiger partial charge in [-0.3, -0.25) is 4.79 Å². The summed E-state index contributed by atoms with van der Waals surface area (Å²) in [4.78, 5) is 13.5. The summed E-state index contributed by atoms with van der Waals surface area (Å²) < 4.78 is 0. The second kappa shape index (κ2) is 4.99. The molecular weight excluding hydrogens is 202 g/mol. The summed E-state index contributed by atoms with van der Waals surface area (Å²) >= 11 is 0. The van der Waals surface area contributed by atoms with Crippen molar-refractivity contribution in [3.05, 3.63) is 23.8 Å². The third-order valence-corrected chi connectivity index (χ3v) is 2.46. The van der Waals surface area contributed by atoms with Gasteiger partial charge in [0.05, 0.1) is 6.04 Å². The van der Waals surface area contributed by atoms with Crippen molar-refractivity contribution in [1.29, 1.82) is 0 Å². The molecule has 3 N–H and O–H groups in total. The van der Waals surface area contributed by atoms with Crippen molar-refractivity contribution in [1.82, 2.24) is 0 Å². The minimum absolute atomic E-state index is 0.168. The second-order valence-corrected chi connectivity index (χ2v) is 4.12. The van der Waals surface area contributed by atoms with E-state index in [0.717, 1.165) is 16.9 Å². The fourth-order valence-electron chi connectivity index (χ4n) is 1.49. The zero-order valence-corrected chi connectivity index (χ0v) is 10.2. The summed E-state index contributed by atoms with van der Waals surface area (Å²) in [6.45, 7) is 3.65. The molecule has 0 saturated carbocycles. The van der Waals surface area contributed by atoms with Gasteiger partial charge < -0.3 is 16.0 Å². The van der Waals surface area contributed by atoms with E-state index >= 15 is 0 Å². The van der Waals surface area contributed by atoms with Crippen LogP contribution in [0.5, 0.6) is 0 Å². The molecule has 1 atom stereocenters. The largest absolute Gasteiger partial charge is 0.377 e. The molecule has 0 saturated heterocycles. The van der Waals surface area contributed by atoms with Gasteiger partial charge in [0.15, 0.2) is 0 Å². The fraction of sp³-hybridized carbons (Fsp3) is 0.417. The van der Waals surface area contributed by atoms with Crippen LogP contribution in [0.15, 0.2) is 18.2 Å². The molecule has 0 aliphatic carbocycles. The number of nitrogens with one attached hydrogen (secondary N) is 1. The number of nitrogens with two attached hydrogens (primary N) is 1. The Bertz CT molecular complexity index is 386. The Labute approximate surface area is 96.4 Å². The SMILES string of the molecule is Cc1c(NC(=O)[C@@H](C)N)cccc1N(C)C. The van der Waals surface area contributed by atoms with Crippen LogP contribution in [0.2, 0.25) is 0 Å². The van der Waals surface area contributed by atoms with Crippen LogP contribution in [0.1, 0.15) is 12.5 Å². The van der Waals surface area contributed by atoms with Crippen molar-refractivity contribution in [2.24, 2.45) is 5.73 Å². The quantitative estimate of drug-likeness (QED) is 0.810. The molecular formula is C12H19N3O. The fourth-order valence-corrected chi connectivity index (χ4v) is 1.49. The summed E-state index contributed by atoms with van der Waals surface area (Å²) in [5, 5.41) is 2.81. The Balaban J connectivity index is 2.98. The van der Waals surface area contributed by atoms with Crippen LogP contribution in [-0.4, -0.2) is 26.0 Å². The summed E-state index contributed by atoms with van der Waals surface area (Å²) in [6.07, 6.45) is 0. The molecule has 1 aromatic rings. The Morgan fingerprint density at radius 1 is 1.44 bits per heavy atom. The lowest BCUT2D eigenvalue weighted by Gasteiger charge is -2.18. The molecule has 1 aromatic carbocycles. The van der Waals surface area contributed by atoms with Crippen LogP contribution in [0.3, 0.4) is 0 Å². The Hall–Kier alpha value is -1.55. The van der Waals surface area contributed by atoms with E-state index in [-0.39, 0.29) is 5.91 Å². The van der Waals surface area contributed by atoms with Crippen molar-refractivity contribution in [2.45, 2.75) is 19.9 Å². The first-order valence-electron chi connectivity index (χ1n) is 5.27. The predicted molar refractivity (Wildman–Crippen MR) is 67.8 cm³/mol.